The monoisotopic (exact) mass is 266 g/mol. The highest BCUT2D eigenvalue weighted by atomic mass is 16.5. The lowest BCUT2D eigenvalue weighted by Crippen LogP contribution is -1.98. The van der Waals surface area contributed by atoms with Crippen LogP contribution in [0.5, 0.6) is 11.5 Å². The van der Waals surface area contributed by atoms with Crippen molar-refractivity contribution in [2.45, 2.75) is 13.8 Å². The van der Waals surface area contributed by atoms with Crippen molar-refractivity contribution in [3.8, 4) is 11.5 Å². The van der Waals surface area contributed by atoms with Crippen LogP contribution in [0.1, 0.15) is 11.1 Å². The third kappa shape index (κ3) is 2.43. The first-order valence-electron chi connectivity index (χ1n) is 6.41. The second kappa shape index (κ2) is 4.85. The largest absolute Gasteiger partial charge is 0.456 e. The summed E-state index contributed by atoms with van der Waals surface area (Å²) in [5, 5.41) is 0.797. The van der Waals surface area contributed by atoms with Crippen molar-refractivity contribution < 1.29 is 9.15 Å². The predicted molar refractivity (Wildman–Crippen MR) is 78.5 cm³/mol. The van der Waals surface area contributed by atoms with E-state index >= 15 is 0 Å². The Bertz CT molecular complexity index is 831. The molecule has 0 radical (unpaired) electrons. The smallest absolute Gasteiger partial charge is 0.339 e. The van der Waals surface area contributed by atoms with E-state index in [1.54, 1.807) is 6.07 Å². The van der Waals surface area contributed by atoms with Crippen molar-refractivity contribution >= 4 is 11.0 Å². The third-order valence-corrected chi connectivity index (χ3v) is 3.08. The van der Waals surface area contributed by atoms with Crippen molar-refractivity contribution in [2.24, 2.45) is 0 Å². The van der Waals surface area contributed by atoms with Crippen LogP contribution in [0.25, 0.3) is 11.0 Å². The number of rotatable bonds is 2. The molecule has 0 saturated heterocycles. The topological polar surface area (TPSA) is 39.4 Å². The average Bonchev–Trinajstić information content (AvgIpc) is 2.39. The van der Waals surface area contributed by atoms with Gasteiger partial charge in [0.1, 0.15) is 17.1 Å². The molecule has 0 atom stereocenters. The van der Waals surface area contributed by atoms with E-state index in [0.29, 0.717) is 17.1 Å². The highest BCUT2D eigenvalue weighted by Gasteiger charge is 2.08. The molecule has 0 aliphatic carbocycles. The fourth-order valence-corrected chi connectivity index (χ4v) is 2.14. The maximum Gasteiger partial charge on any atom is 0.339 e. The van der Waals surface area contributed by atoms with E-state index < -0.39 is 5.63 Å². The number of ether oxygens (including phenoxy) is 1. The van der Waals surface area contributed by atoms with Crippen LogP contribution in [-0.4, -0.2) is 0 Å². The number of hydrogen-bond donors (Lipinski definition) is 0. The lowest BCUT2D eigenvalue weighted by Gasteiger charge is -2.09. The normalized spacial score (nSPS) is 10.7. The van der Waals surface area contributed by atoms with Gasteiger partial charge in [0.05, 0.1) is 11.5 Å². The quantitative estimate of drug-likeness (QED) is 0.652. The minimum absolute atomic E-state index is 0.413. The van der Waals surface area contributed by atoms with Gasteiger partial charge in [-0.3, -0.25) is 0 Å². The molecule has 2 aromatic carbocycles. The molecule has 0 bridgehead atoms. The zero-order valence-corrected chi connectivity index (χ0v) is 11.3. The van der Waals surface area contributed by atoms with Gasteiger partial charge in [-0.15, -0.1) is 0 Å². The molecule has 0 aliphatic heterocycles. The Kier molecular flexibility index (Phi) is 3.03. The summed E-state index contributed by atoms with van der Waals surface area (Å²) >= 11 is 0. The van der Waals surface area contributed by atoms with E-state index in [-0.39, 0.29) is 0 Å². The van der Waals surface area contributed by atoms with E-state index in [9.17, 15) is 4.79 Å². The molecule has 3 aromatic rings. The summed E-state index contributed by atoms with van der Waals surface area (Å²) in [7, 11) is 0. The van der Waals surface area contributed by atoms with Crippen LogP contribution >= 0.6 is 0 Å². The van der Waals surface area contributed by atoms with Crippen molar-refractivity contribution in [3.63, 3.8) is 0 Å². The molecule has 1 aromatic heterocycles. The van der Waals surface area contributed by atoms with E-state index in [0.717, 1.165) is 16.5 Å². The highest BCUT2D eigenvalue weighted by molar-refractivity contribution is 5.84. The first-order valence-corrected chi connectivity index (χ1v) is 6.41. The van der Waals surface area contributed by atoms with Gasteiger partial charge in [-0.2, -0.15) is 0 Å². The SMILES string of the molecule is Cc1cccc(Oc2cc(=O)oc3ccc(C)cc23)c1. The van der Waals surface area contributed by atoms with Gasteiger partial charge >= 0.3 is 5.63 Å². The van der Waals surface area contributed by atoms with Gasteiger partial charge in [-0.1, -0.05) is 23.8 Å². The highest BCUT2D eigenvalue weighted by Crippen LogP contribution is 2.29. The molecule has 0 saturated carbocycles. The molecule has 3 rings (SSSR count). The van der Waals surface area contributed by atoms with Crippen LogP contribution in [-0.2, 0) is 0 Å². The molecule has 0 aliphatic rings. The molecule has 0 fully saturated rings. The molecule has 20 heavy (non-hydrogen) atoms. The molecule has 1 heterocycles. The summed E-state index contributed by atoms with van der Waals surface area (Å²) < 4.78 is 11.0. The number of benzene rings is 2. The van der Waals surface area contributed by atoms with Gasteiger partial charge in [0, 0.05) is 0 Å². The maximum atomic E-state index is 11.6. The Morgan fingerprint density at radius 3 is 2.55 bits per heavy atom. The first-order chi connectivity index (χ1) is 9.61. The molecule has 0 spiro atoms. The summed E-state index contributed by atoms with van der Waals surface area (Å²) in [6, 6.07) is 14.7. The van der Waals surface area contributed by atoms with Crippen molar-refractivity contribution in [1.29, 1.82) is 0 Å². The Morgan fingerprint density at radius 1 is 0.950 bits per heavy atom. The van der Waals surface area contributed by atoms with Crippen molar-refractivity contribution in [3.05, 3.63) is 70.1 Å². The Labute approximate surface area is 116 Å². The van der Waals surface area contributed by atoms with Crippen LogP contribution in [0.4, 0.5) is 0 Å². The lowest BCUT2D eigenvalue weighted by molar-refractivity contribution is 0.474. The molecule has 3 heteroatoms. The summed E-state index contributed by atoms with van der Waals surface area (Å²) in [5.74, 6) is 1.23. The van der Waals surface area contributed by atoms with E-state index in [4.69, 9.17) is 9.15 Å². The lowest BCUT2D eigenvalue weighted by atomic mass is 10.1. The van der Waals surface area contributed by atoms with Crippen LogP contribution in [0, 0.1) is 13.8 Å². The molecule has 0 unspecified atom stereocenters. The van der Waals surface area contributed by atoms with Gasteiger partial charge < -0.3 is 9.15 Å². The second-order valence-electron chi connectivity index (χ2n) is 4.85. The standard InChI is InChI=1S/C17H14O3/c1-11-4-3-5-13(8-11)19-16-10-17(18)20-15-7-6-12(2)9-14(15)16/h3-10H,1-2H3. The Hall–Kier alpha value is -2.55. The van der Waals surface area contributed by atoms with E-state index in [1.165, 1.54) is 6.07 Å². The van der Waals surface area contributed by atoms with Crippen molar-refractivity contribution in [1.82, 2.24) is 0 Å². The Balaban J connectivity index is 2.15. The third-order valence-electron chi connectivity index (χ3n) is 3.08. The summed E-state index contributed by atoms with van der Waals surface area (Å²) in [4.78, 5) is 11.6. The molecular formula is C17H14O3. The molecule has 0 amide bonds. The molecule has 100 valence electrons. The molecule has 3 nitrogen and oxygen atoms in total. The predicted octanol–water partition coefficient (Wildman–Crippen LogP) is 4.20. The fraction of sp³-hybridized carbons (Fsp3) is 0.118. The van der Waals surface area contributed by atoms with Crippen LogP contribution in [0.2, 0.25) is 0 Å². The second-order valence-corrected chi connectivity index (χ2v) is 4.85. The van der Waals surface area contributed by atoms with Gasteiger partial charge in [-0.05, 0) is 43.7 Å². The molecular weight excluding hydrogens is 252 g/mol. The van der Waals surface area contributed by atoms with Crippen LogP contribution in [0.3, 0.4) is 0 Å². The van der Waals surface area contributed by atoms with Crippen LogP contribution < -0.4 is 10.4 Å². The van der Waals surface area contributed by atoms with E-state index in [1.807, 2.05) is 50.2 Å². The van der Waals surface area contributed by atoms with Gasteiger partial charge in [0.2, 0.25) is 0 Å². The summed E-state index contributed by atoms with van der Waals surface area (Å²) in [5.41, 5.74) is 2.31. The van der Waals surface area contributed by atoms with Gasteiger partial charge in [-0.25, -0.2) is 4.79 Å². The van der Waals surface area contributed by atoms with Crippen LogP contribution in [0.15, 0.2) is 57.7 Å². The number of aryl methyl sites for hydroxylation is 2. The van der Waals surface area contributed by atoms with E-state index in [2.05, 4.69) is 0 Å². The maximum absolute atomic E-state index is 11.6. The van der Waals surface area contributed by atoms with Crippen molar-refractivity contribution in [2.75, 3.05) is 0 Å². The number of fused-ring (bicyclic) bond motifs is 1. The molecule has 0 N–H and O–H groups in total. The first kappa shape index (κ1) is 12.5. The van der Waals surface area contributed by atoms with Gasteiger partial charge in [0.15, 0.2) is 0 Å². The fourth-order valence-electron chi connectivity index (χ4n) is 2.14. The minimum atomic E-state index is -0.413. The zero-order valence-electron chi connectivity index (χ0n) is 11.3. The summed E-state index contributed by atoms with van der Waals surface area (Å²) in [6.07, 6.45) is 0. The summed E-state index contributed by atoms with van der Waals surface area (Å²) in [6.45, 7) is 3.98. The number of hydrogen-bond acceptors (Lipinski definition) is 3. The zero-order chi connectivity index (χ0) is 14.1. The average molecular weight is 266 g/mol. The Morgan fingerprint density at radius 2 is 1.75 bits per heavy atom. The van der Waals surface area contributed by atoms with Gasteiger partial charge in [0.25, 0.3) is 0 Å². The minimum Gasteiger partial charge on any atom is -0.456 e.